The Balaban J connectivity index is 1.81. The van der Waals surface area contributed by atoms with E-state index in [9.17, 15) is 4.79 Å². The van der Waals surface area contributed by atoms with E-state index >= 15 is 0 Å². The Kier molecular flexibility index (Phi) is 5.36. The highest BCUT2D eigenvalue weighted by Crippen LogP contribution is 2.26. The first-order chi connectivity index (χ1) is 12.2. The van der Waals surface area contributed by atoms with Crippen LogP contribution in [0.2, 0.25) is 0 Å². The van der Waals surface area contributed by atoms with Gasteiger partial charge >= 0.3 is 6.03 Å². The Bertz CT molecular complexity index is 870. The number of carbonyl (C=O) groups is 1. The van der Waals surface area contributed by atoms with Gasteiger partial charge in [0.1, 0.15) is 0 Å². The Hall–Kier alpha value is -2.79. The van der Waals surface area contributed by atoms with Crippen LogP contribution in [0.5, 0.6) is 0 Å². The van der Waals surface area contributed by atoms with Gasteiger partial charge in [-0.3, -0.25) is 0 Å². The molecule has 0 fully saturated rings. The van der Waals surface area contributed by atoms with E-state index in [1.54, 1.807) is 7.11 Å². The van der Waals surface area contributed by atoms with Crippen LogP contribution in [0.25, 0.3) is 10.9 Å². The van der Waals surface area contributed by atoms with Crippen LogP contribution < -0.4 is 10.6 Å². The minimum Gasteiger partial charge on any atom is -0.383 e. The number of fused-ring (bicyclic) bond motifs is 1. The van der Waals surface area contributed by atoms with Crippen molar-refractivity contribution in [2.24, 2.45) is 0 Å². The lowest BCUT2D eigenvalue weighted by Crippen LogP contribution is -2.20. The van der Waals surface area contributed by atoms with Gasteiger partial charge < -0.3 is 19.9 Å². The minimum absolute atomic E-state index is 0.240. The molecule has 2 aromatic carbocycles. The molecule has 0 saturated carbocycles. The van der Waals surface area contributed by atoms with Crippen molar-refractivity contribution in [2.75, 3.05) is 24.4 Å². The topological polar surface area (TPSA) is 55.3 Å². The van der Waals surface area contributed by atoms with Gasteiger partial charge in [0.15, 0.2) is 0 Å². The number of ether oxygens (including phenoxy) is 1. The number of urea groups is 1. The number of rotatable bonds is 6. The van der Waals surface area contributed by atoms with E-state index in [2.05, 4.69) is 22.1 Å². The summed E-state index contributed by atoms with van der Waals surface area (Å²) in [4.78, 5) is 12.5. The van der Waals surface area contributed by atoms with Gasteiger partial charge in [0.2, 0.25) is 0 Å². The summed E-state index contributed by atoms with van der Waals surface area (Å²) in [5, 5.41) is 6.92. The third-order valence-corrected chi connectivity index (χ3v) is 4.22. The average molecular weight is 337 g/mol. The summed E-state index contributed by atoms with van der Waals surface area (Å²) < 4.78 is 7.26. The van der Waals surface area contributed by atoms with Crippen molar-refractivity contribution in [3.63, 3.8) is 0 Å². The van der Waals surface area contributed by atoms with E-state index in [0.717, 1.165) is 40.8 Å². The summed E-state index contributed by atoms with van der Waals surface area (Å²) in [6.07, 6.45) is 2.82. The van der Waals surface area contributed by atoms with Gasteiger partial charge in [-0.2, -0.15) is 0 Å². The van der Waals surface area contributed by atoms with Gasteiger partial charge in [0, 0.05) is 30.9 Å². The number of carbonyl (C=O) groups excluding carboxylic acids is 1. The number of benzene rings is 2. The van der Waals surface area contributed by atoms with E-state index in [1.165, 1.54) is 0 Å². The number of aromatic nitrogens is 1. The first-order valence-electron chi connectivity index (χ1n) is 8.45. The SMILES string of the molecule is CCc1ccccc1NC(=O)Nc1cn(CCOC)c2ccccc12. The predicted molar refractivity (Wildman–Crippen MR) is 102 cm³/mol. The lowest BCUT2D eigenvalue weighted by molar-refractivity contribution is 0.188. The number of nitrogens with one attached hydrogen (secondary N) is 2. The van der Waals surface area contributed by atoms with Crippen molar-refractivity contribution in [2.45, 2.75) is 19.9 Å². The summed E-state index contributed by atoms with van der Waals surface area (Å²) in [6, 6.07) is 15.6. The van der Waals surface area contributed by atoms with Gasteiger partial charge in [-0.15, -0.1) is 0 Å². The Morgan fingerprint density at radius 1 is 1.04 bits per heavy atom. The first kappa shape index (κ1) is 17.0. The fraction of sp³-hybridized carbons (Fsp3) is 0.250. The summed E-state index contributed by atoms with van der Waals surface area (Å²) >= 11 is 0. The van der Waals surface area contributed by atoms with Crippen LogP contribution in [0.4, 0.5) is 16.2 Å². The number of aryl methyl sites for hydroxylation is 1. The number of nitrogens with zero attached hydrogens (tertiary/aromatic N) is 1. The molecule has 1 aromatic heterocycles. The molecule has 0 atom stereocenters. The molecule has 0 aliphatic rings. The third kappa shape index (κ3) is 3.83. The standard InChI is InChI=1S/C20H23N3O2/c1-3-15-8-4-6-10-17(15)21-20(24)22-18-14-23(12-13-25-2)19-11-7-5-9-16(18)19/h4-11,14H,3,12-13H2,1-2H3,(H2,21,22,24). The Labute approximate surface area is 147 Å². The van der Waals surface area contributed by atoms with E-state index in [0.29, 0.717) is 6.61 Å². The molecule has 0 saturated heterocycles. The van der Waals surface area contributed by atoms with Gasteiger partial charge in [0.25, 0.3) is 0 Å². The molecule has 5 nitrogen and oxygen atoms in total. The number of methoxy groups -OCH3 is 1. The highest BCUT2D eigenvalue weighted by atomic mass is 16.5. The normalized spacial score (nSPS) is 10.8. The van der Waals surface area contributed by atoms with Crippen molar-refractivity contribution in [3.05, 3.63) is 60.3 Å². The number of anilines is 2. The quantitative estimate of drug-likeness (QED) is 0.696. The molecule has 5 heteroatoms. The Morgan fingerprint density at radius 3 is 2.56 bits per heavy atom. The summed E-state index contributed by atoms with van der Waals surface area (Å²) in [7, 11) is 1.68. The van der Waals surface area contributed by atoms with Crippen LogP contribution >= 0.6 is 0 Å². The van der Waals surface area contributed by atoms with E-state index in [4.69, 9.17) is 4.74 Å². The molecule has 2 amide bonds. The highest BCUT2D eigenvalue weighted by molar-refractivity contribution is 6.06. The van der Waals surface area contributed by atoms with E-state index in [1.807, 2.05) is 54.7 Å². The molecular weight excluding hydrogens is 314 g/mol. The molecule has 0 unspecified atom stereocenters. The van der Waals surface area contributed by atoms with Crippen molar-refractivity contribution in [1.29, 1.82) is 0 Å². The van der Waals surface area contributed by atoms with E-state index < -0.39 is 0 Å². The van der Waals surface area contributed by atoms with Crippen LogP contribution in [0.15, 0.2) is 54.7 Å². The average Bonchev–Trinajstić information content (AvgIpc) is 2.98. The van der Waals surface area contributed by atoms with Crippen LogP contribution in [0.1, 0.15) is 12.5 Å². The second-order valence-electron chi connectivity index (χ2n) is 5.84. The molecule has 0 radical (unpaired) electrons. The van der Waals surface area contributed by atoms with Crippen LogP contribution in [-0.2, 0) is 17.7 Å². The smallest absolute Gasteiger partial charge is 0.323 e. The molecule has 25 heavy (non-hydrogen) atoms. The fourth-order valence-electron chi connectivity index (χ4n) is 2.95. The first-order valence-corrected chi connectivity index (χ1v) is 8.45. The molecule has 2 N–H and O–H groups in total. The van der Waals surface area contributed by atoms with E-state index in [-0.39, 0.29) is 6.03 Å². The number of hydrogen-bond donors (Lipinski definition) is 2. The fourth-order valence-corrected chi connectivity index (χ4v) is 2.95. The molecule has 3 aromatic rings. The predicted octanol–water partition coefficient (Wildman–Crippen LogP) is 4.49. The maximum absolute atomic E-state index is 12.5. The largest absolute Gasteiger partial charge is 0.383 e. The van der Waals surface area contributed by atoms with Crippen molar-refractivity contribution in [1.82, 2.24) is 4.57 Å². The summed E-state index contributed by atoms with van der Waals surface area (Å²) in [5.74, 6) is 0. The van der Waals surface area contributed by atoms with Crippen molar-refractivity contribution >= 4 is 28.3 Å². The van der Waals surface area contributed by atoms with Gasteiger partial charge in [-0.25, -0.2) is 4.79 Å². The van der Waals surface area contributed by atoms with Gasteiger partial charge in [-0.1, -0.05) is 43.3 Å². The molecular formula is C20H23N3O2. The number of para-hydroxylation sites is 2. The minimum atomic E-state index is -0.240. The van der Waals surface area contributed by atoms with Gasteiger partial charge in [-0.05, 0) is 24.1 Å². The lowest BCUT2D eigenvalue weighted by atomic mass is 10.1. The number of hydrogen-bond acceptors (Lipinski definition) is 2. The maximum atomic E-state index is 12.5. The van der Waals surface area contributed by atoms with Crippen LogP contribution in [-0.4, -0.2) is 24.3 Å². The van der Waals surface area contributed by atoms with Crippen molar-refractivity contribution in [3.8, 4) is 0 Å². The summed E-state index contributed by atoms with van der Waals surface area (Å²) in [5.41, 5.74) is 3.81. The zero-order valence-corrected chi connectivity index (χ0v) is 14.6. The Morgan fingerprint density at radius 2 is 1.76 bits per heavy atom. The monoisotopic (exact) mass is 337 g/mol. The third-order valence-electron chi connectivity index (χ3n) is 4.22. The van der Waals surface area contributed by atoms with Crippen LogP contribution in [0, 0.1) is 0 Å². The maximum Gasteiger partial charge on any atom is 0.323 e. The molecule has 0 bridgehead atoms. The molecule has 0 aliphatic heterocycles. The molecule has 0 spiro atoms. The van der Waals surface area contributed by atoms with Gasteiger partial charge in [0.05, 0.1) is 17.8 Å². The number of amides is 2. The molecule has 0 aliphatic carbocycles. The van der Waals surface area contributed by atoms with Crippen LogP contribution in [0.3, 0.4) is 0 Å². The molecule has 130 valence electrons. The second kappa shape index (κ2) is 7.85. The molecule has 3 rings (SSSR count). The lowest BCUT2D eigenvalue weighted by Gasteiger charge is -2.10. The zero-order chi connectivity index (χ0) is 17.6. The molecule has 1 heterocycles. The second-order valence-corrected chi connectivity index (χ2v) is 5.84. The zero-order valence-electron chi connectivity index (χ0n) is 14.6. The summed E-state index contributed by atoms with van der Waals surface area (Å²) in [6.45, 7) is 3.43. The highest BCUT2D eigenvalue weighted by Gasteiger charge is 2.11. The van der Waals surface area contributed by atoms with Crippen molar-refractivity contribution < 1.29 is 9.53 Å².